The normalized spacial score (nSPS) is 10.5. The highest BCUT2D eigenvalue weighted by molar-refractivity contribution is 5.77. The van der Waals surface area contributed by atoms with Crippen LogP contribution in [0.1, 0.15) is 12.2 Å². The van der Waals surface area contributed by atoms with Gasteiger partial charge < -0.3 is 4.42 Å². The Labute approximate surface area is 126 Å². The van der Waals surface area contributed by atoms with Crippen molar-refractivity contribution in [1.29, 1.82) is 0 Å². The van der Waals surface area contributed by atoms with Gasteiger partial charge in [-0.05, 0) is 24.3 Å². The molecule has 2 N–H and O–H groups in total. The lowest BCUT2D eigenvalue weighted by Gasteiger charge is -2.09. The van der Waals surface area contributed by atoms with Crippen molar-refractivity contribution in [3.63, 3.8) is 0 Å². The molecule has 112 valence electrons. The molecule has 0 aliphatic heterocycles. The molecule has 0 unspecified atom stereocenters. The maximum atomic E-state index is 11.8. The van der Waals surface area contributed by atoms with Gasteiger partial charge in [0.1, 0.15) is 5.52 Å². The third-order valence-electron chi connectivity index (χ3n) is 3.14. The predicted octanol–water partition coefficient (Wildman–Crippen LogP) is 1.71. The SMILES string of the molecule is C=C(NNC(=O)CCn1nnc2ccccc21)c1ccco1. The summed E-state index contributed by atoms with van der Waals surface area (Å²) in [5, 5.41) is 8.08. The lowest BCUT2D eigenvalue weighted by atomic mass is 10.3. The van der Waals surface area contributed by atoms with Crippen LogP contribution in [0.2, 0.25) is 0 Å². The van der Waals surface area contributed by atoms with Gasteiger partial charge in [0.25, 0.3) is 0 Å². The Balaban J connectivity index is 1.51. The summed E-state index contributed by atoms with van der Waals surface area (Å²) in [4.78, 5) is 11.8. The minimum Gasteiger partial charge on any atom is -0.463 e. The van der Waals surface area contributed by atoms with Crippen LogP contribution < -0.4 is 10.9 Å². The van der Waals surface area contributed by atoms with E-state index in [9.17, 15) is 4.79 Å². The second kappa shape index (κ2) is 6.13. The molecule has 2 aromatic heterocycles. The molecule has 0 aliphatic rings. The van der Waals surface area contributed by atoms with Crippen LogP contribution in [0.15, 0.2) is 53.7 Å². The molecular weight excluding hydrogens is 282 g/mol. The highest BCUT2D eigenvalue weighted by atomic mass is 16.3. The molecule has 0 bridgehead atoms. The molecule has 0 atom stereocenters. The first-order valence-corrected chi connectivity index (χ1v) is 6.80. The van der Waals surface area contributed by atoms with Crippen molar-refractivity contribution in [2.45, 2.75) is 13.0 Å². The summed E-state index contributed by atoms with van der Waals surface area (Å²) in [5.41, 5.74) is 7.50. The van der Waals surface area contributed by atoms with Crippen LogP contribution in [-0.2, 0) is 11.3 Å². The van der Waals surface area contributed by atoms with Crippen molar-refractivity contribution in [1.82, 2.24) is 25.8 Å². The van der Waals surface area contributed by atoms with E-state index in [0.717, 1.165) is 11.0 Å². The van der Waals surface area contributed by atoms with Crippen molar-refractivity contribution < 1.29 is 9.21 Å². The van der Waals surface area contributed by atoms with Gasteiger partial charge >= 0.3 is 0 Å². The minimum atomic E-state index is -0.174. The number of furan rings is 1. The van der Waals surface area contributed by atoms with Crippen LogP contribution in [-0.4, -0.2) is 20.9 Å². The Kier molecular flexibility index (Phi) is 3.86. The van der Waals surface area contributed by atoms with Crippen molar-refractivity contribution in [3.05, 3.63) is 55.0 Å². The molecule has 3 rings (SSSR count). The quantitative estimate of drug-likeness (QED) is 0.677. The topological polar surface area (TPSA) is 85.0 Å². The molecule has 0 saturated heterocycles. The number of carbonyl (C=O) groups excluding carboxylic acids is 1. The summed E-state index contributed by atoms with van der Waals surface area (Å²) in [6.07, 6.45) is 1.81. The van der Waals surface area contributed by atoms with E-state index in [2.05, 4.69) is 27.7 Å². The molecule has 2 heterocycles. The largest absolute Gasteiger partial charge is 0.463 e. The zero-order valence-corrected chi connectivity index (χ0v) is 11.8. The highest BCUT2D eigenvalue weighted by Gasteiger charge is 2.07. The van der Waals surface area contributed by atoms with Gasteiger partial charge in [0, 0.05) is 6.42 Å². The Morgan fingerprint density at radius 1 is 1.23 bits per heavy atom. The van der Waals surface area contributed by atoms with E-state index in [0.29, 0.717) is 18.0 Å². The number of hydrogen-bond acceptors (Lipinski definition) is 5. The van der Waals surface area contributed by atoms with Crippen molar-refractivity contribution >= 4 is 22.6 Å². The van der Waals surface area contributed by atoms with Crippen LogP contribution in [0, 0.1) is 0 Å². The van der Waals surface area contributed by atoms with Crippen molar-refractivity contribution in [2.75, 3.05) is 0 Å². The smallest absolute Gasteiger partial charge is 0.240 e. The van der Waals surface area contributed by atoms with Gasteiger partial charge in [0.2, 0.25) is 5.91 Å². The van der Waals surface area contributed by atoms with Crippen molar-refractivity contribution in [2.24, 2.45) is 0 Å². The fraction of sp³-hybridized carbons (Fsp3) is 0.133. The van der Waals surface area contributed by atoms with Crippen LogP contribution in [0.5, 0.6) is 0 Å². The average Bonchev–Trinajstić information content (AvgIpc) is 3.20. The van der Waals surface area contributed by atoms with E-state index in [-0.39, 0.29) is 12.3 Å². The van der Waals surface area contributed by atoms with E-state index < -0.39 is 0 Å². The van der Waals surface area contributed by atoms with E-state index in [1.54, 1.807) is 23.1 Å². The molecule has 0 radical (unpaired) electrons. The van der Waals surface area contributed by atoms with Gasteiger partial charge in [0.15, 0.2) is 5.76 Å². The van der Waals surface area contributed by atoms with E-state index in [4.69, 9.17) is 4.42 Å². The maximum absolute atomic E-state index is 11.8. The fourth-order valence-electron chi connectivity index (χ4n) is 2.01. The summed E-state index contributed by atoms with van der Waals surface area (Å²) in [6.45, 7) is 4.22. The first-order valence-electron chi connectivity index (χ1n) is 6.80. The minimum absolute atomic E-state index is 0.174. The van der Waals surface area contributed by atoms with Gasteiger partial charge in [-0.25, -0.2) is 4.68 Å². The van der Waals surface area contributed by atoms with Crippen LogP contribution in [0.4, 0.5) is 0 Å². The molecule has 0 fully saturated rings. The Morgan fingerprint density at radius 3 is 2.91 bits per heavy atom. The van der Waals surface area contributed by atoms with Gasteiger partial charge in [-0.3, -0.25) is 15.6 Å². The van der Waals surface area contributed by atoms with Crippen LogP contribution in [0.25, 0.3) is 16.7 Å². The predicted molar refractivity (Wildman–Crippen MR) is 81.2 cm³/mol. The summed E-state index contributed by atoms with van der Waals surface area (Å²) in [5.74, 6) is 0.398. The average molecular weight is 297 g/mol. The maximum Gasteiger partial charge on any atom is 0.240 e. The monoisotopic (exact) mass is 297 g/mol. The number of fused-ring (bicyclic) bond motifs is 1. The Hall–Kier alpha value is -3.09. The van der Waals surface area contributed by atoms with Gasteiger partial charge in [0.05, 0.1) is 24.0 Å². The van der Waals surface area contributed by atoms with Crippen LogP contribution >= 0.6 is 0 Å². The number of carbonyl (C=O) groups is 1. The Bertz CT molecular complexity index is 791. The zero-order chi connectivity index (χ0) is 15.4. The molecular formula is C15H15N5O2. The summed E-state index contributed by atoms with van der Waals surface area (Å²) >= 11 is 0. The number of benzene rings is 1. The number of rotatable bonds is 6. The lowest BCUT2D eigenvalue weighted by Crippen LogP contribution is -2.36. The van der Waals surface area contributed by atoms with Crippen LogP contribution in [0.3, 0.4) is 0 Å². The first-order chi connectivity index (χ1) is 10.7. The fourth-order valence-corrected chi connectivity index (χ4v) is 2.01. The van der Waals surface area contributed by atoms with Crippen molar-refractivity contribution in [3.8, 4) is 0 Å². The molecule has 7 nitrogen and oxygen atoms in total. The van der Waals surface area contributed by atoms with Gasteiger partial charge in [-0.2, -0.15) is 0 Å². The van der Waals surface area contributed by atoms with Gasteiger partial charge in [-0.15, -0.1) is 5.10 Å². The second-order valence-corrected chi connectivity index (χ2v) is 4.68. The summed E-state index contributed by atoms with van der Waals surface area (Å²) in [7, 11) is 0. The van der Waals surface area contributed by atoms with E-state index >= 15 is 0 Å². The molecule has 0 aliphatic carbocycles. The van der Waals surface area contributed by atoms with E-state index in [1.807, 2.05) is 24.3 Å². The Morgan fingerprint density at radius 2 is 2.09 bits per heavy atom. The summed E-state index contributed by atoms with van der Waals surface area (Å²) < 4.78 is 6.86. The highest BCUT2D eigenvalue weighted by Crippen LogP contribution is 2.10. The number of nitrogens with zero attached hydrogens (tertiary/aromatic N) is 3. The number of amides is 1. The third-order valence-corrected chi connectivity index (χ3v) is 3.14. The lowest BCUT2D eigenvalue weighted by molar-refractivity contribution is -0.121. The molecule has 3 aromatic rings. The second-order valence-electron chi connectivity index (χ2n) is 4.68. The third kappa shape index (κ3) is 2.98. The number of aryl methyl sites for hydroxylation is 1. The molecule has 0 spiro atoms. The molecule has 22 heavy (non-hydrogen) atoms. The number of para-hydroxylation sites is 1. The number of aromatic nitrogens is 3. The molecule has 1 aromatic carbocycles. The molecule has 7 heteroatoms. The zero-order valence-electron chi connectivity index (χ0n) is 11.8. The van der Waals surface area contributed by atoms with Gasteiger partial charge in [-0.1, -0.05) is 23.9 Å². The number of nitrogens with one attached hydrogen (secondary N) is 2. The summed E-state index contributed by atoms with van der Waals surface area (Å²) in [6, 6.07) is 11.1. The molecule has 1 amide bonds. The number of hydrazine groups is 1. The molecule has 0 saturated carbocycles. The van der Waals surface area contributed by atoms with E-state index in [1.165, 1.54) is 0 Å². The standard InChI is InChI=1S/C15H15N5O2/c1-11(14-7-4-10-22-14)16-18-15(21)8-9-20-13-6-3-2-5-12(13)17-19-20/h2-7,10,16H,1,8-9H2,(H,18,21). The number of hydrogen-bond donors (Lipinski definition) is 2. The first kappa shape index (κ1) is 13.9.